The highest BCUT2D eigenvalue weighted by Gasteiger charge is 2.24. The lowest BCUT2D eigenvalue weighted by molar-refractivity contribution is 1.06. The van der Waals surface area contributed by atoms with Gasteiger partial charge in [-0.2, -0.15) is 26.3 Å². The molecule has 0 spiro atoms. The van der Waals surface area contributed by atoms with Gasteiger partial charge in [-0.25, -0.2) is 15.0 Å². The Hall–Kier alpha value is -12.5. The predicted molar refractivity (Wildman–Crippen MR) is 330 cm³/mol. The molecule has 0 aliphatic rings. The van der Waals surface area contributed by atoms with E-state index in [1.807, 2.05) is 146 Å². The highest BCUT2D eigenvalue weighted by molar-refractivity contribution is 6.12. The Kier molecular flexibility index (Phi) is 12.2. The molecule has 3 aromatic heterocycles. The van der Waals surface area contributed by atoms with E-state index in [1.165, 1.54) is 0 Å². The maximum atomic E-state index is 9.95. The van der Waals surface area contributed by atoms with E-state index < -0.39 is 0 Å². The summed E-state index contributed by atoms with van der Waals surface area (Å²) in [6, 6.07) is 91.3. The molecule has 10 heteroatoms. The Balaban J connectivity index is 1.05. The van der Waals surface area contributed by atoms with Crippen LogP contribution in [0.1, 0.15) is 27.8 Å². The van der Waals surface area contributed by atoms with E-state index in [1.54, 1.807) is 12.1 Å². The van der Waals surface area contributed by atoms with Crippen molar-refractivity contribution in [2.24, 2.45) is 0 Å². The molecule has 0 atom stereocenters. The maximum absolute atomic E-state index is 9.95. The van der Waals surface area contributed by atoms with Crippen LogP contribution in [0.15, 0.2) is 243 Å². The smallest absolute Gasteiger partial charge is 0.166 e. The Morgan fingerprint density at radius 1 is 0.238 bits per heavy atom. The van der Waals surface area contributed by atoms with E-state index in [0.717, 1.165) is 116 Å². The van der Waals surface area contributed by atoms with Crippen LogP contribution < -0.4 is 0 Å². The molecule has 0 N–H and O–H groups in total. The molecule has 0 fully saturated rings. The molecule has 10 nitrogen and oxygen atoms in total. The largest absolute Gasteiger partial charge is 0.309 e. The van der Waals surface area contributed by atoms with Crippen LogP contribution in [-0.2, 0) is 0 Å². The summed E-state index contributed by atoms with van der Waals surface area (Å²) >= 11 is 0. The second-order valence-corrected chi connectivity index (χ2v) is 20.4. The van der Waals surface area contributed by atoms with Crippen molar-refractivity contribution in [3.63, 3.8) is 0 Å². The number of fused-ring (bicyclic) bond motifs is 6. The first-order chi connectivity index (χ1) is 41.4. The van der Waals surface area contributed by atoms with Crippen molar-refractivity contribution < 1.29 is 0 Å². The van der Waals surface area contributed by atoms with Crippen LogP contribution in [0.4, 0.5) is 0 Å². The van der Waals surface area contributed by atoms with E-state index in [0.29, 0.717) is 45.3 Å². The average molecular weight is 1070 g/mol. The van der Waals surface area contributed by atoms with Crippen molar-refractivity contribution in [3.8, 4) is 120 Å². The minimum atomic E-state index is 0.408. The first-order valence-electron chi connectivity index (χ1n) is 27.0. The average Bonchev–Trinajstić information content (AvgIpc) is 2.14. The van der Waals surface area contributed by atoms with Gasteiger partial charge in [0.15, 0.2) is 17.5 Å². The summed E-state index contributed by atoms with van der Waals surface area (Å²) in [7, 11) is 0. The summed E-state index contributed by atoms with van der Waals surface area (Å²) in [5, 5.41) is 53.5. The molecule has 14 rings (SSSR count). The van der Waals surface area contributed by atoms with Crippen molar-refractivity contribution in [3.05, 3.63) is 270 Å². The Morgan fingerprint density at radius 2 is 0.607 bits per heavy atom. The SMILES string of the molecule is N#Cc1ccc(-c2ccc(-n3c4ccccc4c4cc(-c5cc(C#N)cc(C#N)c5)ccc43)c(-c3ccc(-n4c5ccccc5c5cc(-c6cc(C#N)cc(C#N)c6)ccc54)c(-c4nc(-c5ccccc5)nc(-c5ccccc5)n4)c3)c2)cc1. The minimum absolute atomic E-state index is 0.408. The second-order valence-electron chi connectivity index (χ2n) is 20.4. The molecule has 3 heterocycles. The van der Waals surface area contributed by atoms with E-state index in [2.05, 4.69) is 124 Å². The summed E-state index contributed by atoms with van der Waals surface area (Å²) in [6.45, 7) is 0. The summed E-state index contributed by atoms with van der Waals surface area (Å²) in [5.74, 6) is 1.47. The number of nitriles is 5. The number of hydrogen-bond acceptors (Lipinski definition) is 8. The van der Waals surface area contributed by atoms with Gasteiger partial charge in [-0.05, 0) is 148 Å². The monoisotopic (exact) mass is 1070 g/mol. The number of hydrogen-bond donors (Lipinski definition) is 0. The zero-order valence-corrected chi connectivity index (χ0v) is 44.6. The van der Waals surface area contributed by atoms with Gasteiger partial charge < -0.3 is 9.13 Å². The topological polar surface area (TPSA) is 167 Å². The van der Waals surface area contributed by atoms with Crippen molar-refractivity contribution in [2.45, 2.75) is 0 Å². The molecule has 0 aliphatic carbocycles. The van der Waals surface area contributed by atoms with Crippen LogP contribution in [0.3, 0.4) is 0 Å². The quantitative estimate of drug-likeness (QED) is 0.138. The first-order valence-corrected chi connectivity index (χ1v) is 27.0. The second kappa shape index (κ2) is 20.6. The van der Waals surface area contributed by atoms with Gasteiger partial charge in [-0.1, -0.05) is 133 Å². The Morgan fingerprint density at radius 3 is 1.08 bits per heavy atom. The third kappa shape index (κ3) is 8.70. The number of para-hydroxylation sites is 2. The molecule has 0 bridgehead atoms. The molecule has 0 aliphatic heterocycles. The lowest BCUT2D eigenvalue weighted by Crippen LogP contribution is -2.04. The van der Waals surface area contributed by atoms with Crippen LogP contribution in [0.2, 0.25) is 0 Å². The van der Waals surface area contributed by atoms with Crippen molar-refractivity contribution >= 4 is 43.6 Å². The molecule has 0 amide bonds. The van der Waals surface area contributed by atoms with Gasteiger partial charge in [0.2, 0.25) is 0 Å². The fraction of sp³-hybridized carbons (Fsp3) is 0. The lowest BCUT2D eigenvalue weighted by atomic mass is 9.94. The number of benzene rings is 11. The lowest BCUT2D eigenvalue weighted by Gasteiger charge is -2.19. The van der Waals surface area contributed by atoms with Crippen molar-refractivity contribution in [1.29, 1.82) is 26.3 Å². The van der Waals surface area contributed by atoms with Gasteiger partial charge >= 0.3 is 0 Å². The maximum Gasteiger partial charge on any atom is 0.166 e. The third-order valence-corrected chi connectivity index (χ3v) is 15.5. The molecule has 0 saturated carbocycles. The van der Waals surface area contributed by atoms with Gasteiger partial charge in [0.05, 0.1) is 91.6 Å². The predicted octanol–water partition coefficient (Wildman–Crippen LogP) is 17.1. The van der Waals surface area contributed by atoms with Crippen LogP contribution in [0.5, 0.6) is 0 Å². The minimum Gasteiger partial charge on any atom is -0.309 e. The molecule has 386 valence electrons. The molecule has 0 saturated heterocycles. The van der Waals surface area contributed by atoms with Crippen LogP contribution in [-0.4, -0.2) is 24.1 Å². The summed E-state index contributed by atoms with van der Waals surface area (Å²) < 4.78 is 4.56. The Labute approximate surface area is 482 Å². The summed E-state index contributed by atoms with van der Waals surface area (Å²) in [5.41, 5.74) is 17.0. The standard InChI is InChI=1S/C74H40N10/c75-41-46-19-21-51(22-20-46)54-23-27-68(83-66-17-9-7-15-60(66)63-38-55(24-28-69(63)83)58-33-47(42-76)31-48(34-58)43-77)62(37-54)57-26-30-71(65(40-57)74-81-72(52-11-3-1-4-12-52)80-73(82-74)53-13-5-2-6-14-53)84-67-18-10-8-16-61(67)64-39-56(25-29-70(64)84)59-35-49(44-78)32-50(36-59)45-79/h1-40H. The number of rotatable bonds is 9. The first kappa shape index (κ1) is 49.8. The molecule has 11 aromatic carbocycles. The summed E-state index contributed by atoms with van der Waals surface area (Å²) in [6.07, 6.45) is 0. The summed E-state index contributed by atoms with van der Waals surface area (Å²) in [4.78, 5) is 15.9. The van der Waals surface area contributed by atoms with Crippen LogP contribution in [0.25, 0.3) is 134 Å². The molecular weight excluding hydrogens is 1030 g/mol. The molecule has 0 unspecified atom stereocenters. The molecule has 0 radical (unpaired) electrons. The van der Waals surface area contributed by atoms with Gasteiger partial charge in [0.1, 0.15) is 0 Å². The van der Waals surface area contributed by atoms with Gasteiger partial charge in [0, 0.05) is 43.8 Å². The highest BCUT2D eigenvalue weighted by atomic mass is 15.1. The van der Waals surface area contributed by atoms with Gasteiger partial charge in [-0.3, -0.25) is 0 Å². The zero-order valence-electron chi connectivity index (χ0n) is 44.6. The number of nitrogens with zero attached hydrogens (tertiary/aromatic N) is 10. The fourth-order valence-electron chi connectivity index (χ4n) is 11.6. The van der Waals surface area contributed by atoms with E-state index in [-0.39, 0.29) is 0 Å². The molecule has 14 aromatic rings. The normalized spacial score (nSPS) is 11.0. The van der Waals surface area contributed by atoms with E-state index in [9.17, 15) is 26.3 Å². The third-order valence-electron chi connectivity index (χ3n) is 15.5. The van der Waals surface area contributed by atoms with E-state index >= 15 is 0 Å². The van der Waals surface area contributed by atoms with Crippen molar-refractivity contribution in [1.82, 2.24) is 24.1 Å². The van der Waals surface area contributed by atoms with Gasteiger partial charge in [-0.15, -0.1) is 0 Å². The van der Waals surface area contributed by atoms with Crippen molar-refractivity contribution in [2.75, 3.05) is 0 Å². The molecule has 84 heavy (non-hydrogen) atoms. The van der Waals surface area contributed by atoms with E-state index in [4.69, 9.17) is 15.0 Å². The van der Waals surface area contributed by atoms with Crippen LogP contribution >= 0.6 is 0 Å². The Bertz CT molecular complexity index is 5130. The zero-order chi connectivity index (χ0) is 56.8. The number of aromatic nitrogens is 5. The molecular formula is C74H40N10. The van der Waals surface area contributed by atoms with Gasteiger partial charge in [0.25, 0.3) is 0 Å². The van der Waals surface area contributed by atoms with Crippen LogP contribution in [0, 0.1) is 56.7 Å². The highest BCUT2D eigenvalue weighted by Crippen LogP contribution is 2.44. The fourth-order valence-corrected chi connectivity index (χ4v) is 11.6.